The molecule has 0 aliphatic rings. The Hall–Kier alpha value is -0.160. The molecule has 94 valence electrons. The Morgan fingerprint density at radius 3 is 2.65 bits per heavy atom. The van der Waals surface area contributed by atoms with Crippen molar-refractivity contribution >= 4 is 44.7 Å². The van der Waals surface area contributed by atoms with Crippen molar-refractivity contribution in [1.29, 1.82) is 0 Å². The molecule has 1 aromatic rings. The first-order valence-electron chi connectivity index (χ1n) is 5.36. The van der Waals surface area contributed by atoms with Crippen LogP contribution >= 0.6 is 39.7 Å². The van der Waals surface area contributed by atoms with Crippen LogP contribution in [-0.4, -0.2) is 22.5 Å². The highest BCUT2D eigenvalue weighted by Crippen LogP contribution is 2.23. The molecule has 0 spiro atoms. The molecule has 0 fully saturated rings. The van der Waals surface area contributed by atoms with E-state index in [-0.39, 0.29) is 0 Å². The fourth-order valence-electron chi connectivity index (χ4n) is 1.49. The molecule has 0 heterocycles. The van der Waals surface area contributed by atoms with Gasteiger partial charge in [0.2, 0.25) is 0 Å². The lowest BCUT2D eigenvalue weighted by Gasteiger charge is -2.26. The largest absolute Gasteiger partial charge is 0.392 e. The van der Waals surface area contributed by atoms with Gasteiger partial charge >= 0.3 is 0 Å². The Labute approximate surface area is 121 Å². The molecule has 0 saturated heterocycles. The summed E-state index contributed by atoms with van der Waals surface area (Å²) in [4.78, 5) is 2.70. The molecular formula is C12H16BrClN2S. The first kappa shape index (κ1) is 14.9. The maximum absolute atomic E-state index is 6.19. The summed E-state index contributed by atoms with van der Waals surface area (Å²) in [6, 6.07) is 6.27. The smallest absolute Gasteiger partial charge is 0.0870 e. The molecule has 17 heavy (non-hydrogen) atoms. The molecule has 0 unspecified atom stereocenters. The highest BCUT2D eigenvalue weighted by Gasteiger charge is 2.13. The van der Waals surface area contributed by atoms with Crippen molar-refractivity contribution in [2.75, 3.05) is 6.54 Å². The summed E-state index contributed by atoms with van der Waals surface area (Å²) in [7, 11) is 0. The van der Waals surface area contributed by atoms with Crippen LogP contribution in [0.15, 0.2) is 22.7 Å². The molecule has 0 aliphatic carbocycles. The van der Waals surface area contributed by atoms with Gasteiger partial charge < -0.3 is 5.73 Å². The fourth-order valence-corrected chi connectivity index (χ4v) is 2.39. The summed E-state index contributed by atoms with van der Waals surface area (Å²) in [5.41, 5.74) is 6.68. The third-order valence-electron chi connectivity index (χ3n) is 2.48. The zero-order valence-electron chi connectivity index (χ0n) is 9.91. The van der Waals surface area contributed by atoms with E-state index in [2.05, 4.69) is 34.7 Å². The first-order chi connectivity index (χ1) is 7.90. The van der Waals surface area contributed by atoms with E-state index in [1.807, 2.05) is 18.2 Å². The third kappa shape index (κ3) is 4.92. The van der Waals surface area contributed by atoms with Crippen molar-refractivity contribution in [2.24, 2.45) is 5.73 Å². The van der Waals surface area contributed by atoms with Crippen molar-refractivity contribution in [3.8, 4) is 0 Å². The van der Waals surface area contributed by atoms with E-state index >= 15 is 0 Å². The van der Waals surface area contributed by atoms with E-state index < -0.39 is 0 Å². The van der Waals surface area contributed by atoms with Crippen molar-refractivity contribution in [3.05, 3.63) is 33.3 Å². The summed E-state index contributed by atoms with van der Waals surface area (Å²) in [5, 5.41) is 0.757. The average molecular weight is 336 g/mol. The molecular weight excluding hydrogens is 320 g/mol. The van der Waals surface area contributed by atoms with Gasteiger partial charge in [-0.15, -0.1) is 0 Å². The summed E-state index contributed by atoms with van der Waals surface area (Å²) < 4.78 is 0.983. The minimum absolute atomic E-state index is 0.371. The van der Waals surface area contributed by atoms with Crippen LogP contribution in [0.25, 0.3) is 0 Å². The molecule has 1 aromatic carbocycles. The van der Waals surface area contributed by atoms with Gasteiger partial charge in [0.1, 0.15) is 0 Å². The first-order valence-corrected chi connectivity index (χ1v) is 6.94. The lowest BCUT2D eigenvalue weighted by atomic mass is 10.2. The lowest BCUT2D eigenvalue weighted by molar-refractivity contribution is 0.245. The SMILES string of the molecule is CC(C)N(CC(N)=S)Cc1ccc(Br)cc1Cl. The maximum atomic E-state index is 6.19. The molecule has 5 heteroatoms. The molecule has 0 bridgehead atoms. The highest BCUT2D eigenvalue weighted by atomic mass is 79.9. The van der Waals surface area contributed by atoms with Crippen LogP contribution < -0.4 is 5.73 Å². The van der Waals surface area contributed by atoms with Crippen molar-refractivity contribution in [1.82, 2.24) is 4.90 Å². The van der Waals surface area contributed by atoms with Crippen LogP contribution in [0, 0.1) is 0 Å². The number of hydrogen-bond donors (Lipinski definition) is 1. The van der Waals surface area contributed by atoms with Crippen molar-refractivity contribution in [3.63, 3.8) is 0 Å². The zero-order valence-corrected chi connectivity index (χ0v) is 13.1. The Bertz CT molecular complexity index is 409. The molecule has 0 amide bonds. The molecule has 2 nitrogen and oxygen atoms in total. The normalized spacial score (nSPS) is 11.2. The summed E-state index contributed by atoms with van der Waals surface area (Å²) in [6.07, 6.45) is 0. The number of halogens is 2. The predicted octanol–water partition coefficient (Wildman–Crippen LogP) is 3.60. The molecule has 0 aromatic heterocycles. The van der Waals surface area contributed by atoms with Gasteiger partial charge in [0.05, 0.1) is 4.99 Å². The second-order valence-electron chi connectivity index (χ2n) is 4.20. The van der Waals surface area contributed by atoms with Gasteiger partial charge in [-0.3, -0.25) is 4.90 Å². The fraction of sp³-hybridized carbons (Fsp3) is 0.417. The van der Waals surface area contributed by atoms with Gasteiger partial charge in [-0.05, 0) is 31.5 Å². The van der Waals surface area contributed by atoms with E-state index in [0.717, 1.165) is 21.6 Å². The van der Waals surface area contributed by atoms with Crippen LogP contribution in [0.5, 0.6) is 0 Å². The third-order valence-corrected chi connectivity index (χ3v) is 3.45. The standard InChI is InChI=1S/C12H16BrClN2S/c1-8(2)16(7-12(15)17)6-9-3-4-10(13)5-11(9)14/h3-5,8H,6-7H2,1-2H3,(H2,15,17). The average Bonchev–Trinajstić information content (AvgIpc) is 2.19. The summed E-state index contributed by atoms with van der Waals surface area (Å²) >= 11 is 14.5. The minimum atomic E-state index is 0.371. The molecule has 0 radical (unpaired) electrons. The van der Waals surface area contributed by atoms with Gasteiger partial charge in [-0.2, -0.15) is 0 Å². The molecule has 0 saturated carbocycles. The maximum Gasteiger partial charge on any atom is 0.0870 e. The number of nitrogens with two attached hydrogens (primary N) is 1. The Morgan fingerprint density at radius 1 is 1.53 bits per heavy atom. The topological polar surface area (TPSA) is 29.3 Å². The predicted molar refractivity (Wildman–Crippen MR) is 81.5 cm³/mol. The van der Waals surface area contributed by atoms with Gasteiger partial charge in [0.25, 0.3) is 0 Å². The Kier molecular flexibility index (Phi) is 5.86. The van der Waals surface area contributed by atoms with Crippen LogP contribution in [0.3, 0.4) is 0 Å². The lowest BCUT2D eigenvalue weighted by Crippen LogP contribution is -2.37. The number of benzene rings is 1. The Balaban J connectivity index is 2.82. The monoisotopic (exact) mass is 334 g/mol. The summed E-state index contributed by atoms with van der Waals surface area (Å²) in [6.45, 7) is 5.59. The van der Waals surface area contributed by atoms with Crippen LogP contribution in [-0.2, 0) is 6.54 Å². The number of rotatable bonds is 5. The zero-order chi connectivity index (χ0) is 13.0. The molecule has 0 aliphatic heterocycles. The van der Waals surface area contributed by atoms with E-state index in [0.29, 0.717) is 17.6 Å². The highest BCUT2D eigenvalue weighted by molar-refractivity contribution is 9.10. The van der Waals surface area contributed by atoms with Crippen LogP contribution in [0.4, 0.5) is 0 Å². The number of nitrogens with zero attached hydrogens (tertiary/aromatic N) is 1. The number of hydrogen-bond acceptors (Lipinski definition) is 2. The van der Waals surface area contributed by atoms with Crippen molar-refractivity contribution < 1.29 is 0 Å². The molecule has 0 atom stereocenters. The quantitative estimate of drug-likeness (QED) is 0.834. The van der Waals surface area contributed by atoms with Gasteiger partial charge in [0, 0.05) is 28.6 Å². The van der Waals surface area contributed by atoms with E-state index in [1.165, 1.54) is 0 Å². The molecule has 1 rings (SSSR count). The second-order valence-corrected chi connectivity index (χ2v) is 6.05. The van der Waals surface area contributed by atoms with Gasteiger partial charge in [0.15, 0.2) is 0 Å². The van der Waals surface area contributed by atoms with E-state index in [1.54, 1.807) is 0 Å². The number of thiocarbonyl (C=S) groups is 1. The molecule has 2 N–H and O–H groups in total. The Morgan fingerprint density at radius 2 is 2.18 bits per heavy atom. The van der Waals surface area contributed by atoms with Crippen LogP contribution in [0.1, 0.15) is 19.4 Å². The van der Waals surface area contributed by atoms with E-state index in [4.69, 9.17) is 29.6 Å². The minimum Gasteiger partial charge on any atom is -0.392 e. The second kappa shape index (κ2) is 6.69. The van der Waals surface area contributed by atoms with Crippen LogP contribution in [0.2, 0.25) is 5.02 Å². The van der Waals surface area contributed by atoms with Gasteiger partial charge in [-0.1, -0.05) is 45.8 Å². The van der Waals surface area contributed by atoms with Gasteiger partial charge in [-0.25, -0.2) is 0 Å². The van der Waals surface area contributed by atoms with E-state index in [9.17, 15) is 0 Å². The van der Waals surface area contributed by atoms with Crippen molar-refractivity contribution in [2.45, 2.75) is 26.4 Å². The summed E-state index contributed by atoms with van der Waals surface area (Å²) in [5.74, 6) is 0.